The van der Waals surface area contributed by atoms with Crippen LogP contribution in [0, 0.1) is 5.41 Å². The number of rotatable bonds is 10. The van der Waals surface area contributed by atoms with Crippen molar-refractivity contribution < 1.29 is 4.79 Å². The molecule has 1 unspecified atom stereocenters. The zero-order valence-electron chi connectivity index (χ0n) is 13.9. The zero-order chi connectivity index (χ0) is 14.9. The molecular formula is C16H34N2O. The van der Waals surface area contributed by atoms with E-state index in [9.17, 15) is 4.79 Å². The van der Waals surface area contributed by atoms with Crippen LogP contribution in [0.25, 0.3) is 0 Å². The number of amides is 1. The summed E-state index contributed by atoms with van der Waals surface area (Å²) < 4.78 is 0. The molecule has 114 valence electrons. The zero-order valence-corrected chi connectivity index (χ0v) is 13.9. The van der Waals surface area contributed by atoms with Crippen molar-refractivity contribution >= 4 is 5.91 Å². The van der Waals surface area contributed by atoms with E-state index in [0.717, 1.165) is 25.8 Å². The predicted octanol–water partition coefficient (Wildman–Crippen LogP) is 3.49. The molecule has 1 atom stereocenters. The molecule has 0 aliphatic rings. The molecule has 0 aromatic rings. The van der Waals surface area contributed by atoms with E-state index in [1.165, 1.54) is 12.8 Å². The third-order valence-corrected chi connectivity index (χ3v) is 3.75. The molecule has 0 aromatic heterocycles. The van der Waals surface area contributed by atoms with Gasteiger partial charge in [0, 0.05) is 13.1 Å². The van der Waals surface area contributed by atoms with Crippen molar-refractivity contribution in [3.63, 3.8) is 0 Å². The highest BCUT2D eigenvalue weighted by Crippen LogP contribution is 2.23. The Balaban J connectivity index is 4.62. The number of hydrogen-bond donors (Lipinski definition) is 2. The van der Waals surface area contributed by atoms with Gasteiger partial charge in [0.1, 0.15) is 0 Å². The van der Waals surface area contributed by atoms with Gasteiger partial charge in [-0.2, -0.15) is 0 Å². The van der Waals surface area contributed by atoms with Crippen LogP contribution in [0.2, 0.25) is 0 Å². The largest absolute Gasteiger partial charge is 0.355 e. The van der Waals surface area contributed by atoms with E-state index < -0.39 is 5.54 Å². The second kappa shape index (κ2) is 8.57. The summed E-state index contributed by atoms with van der Waals surface area (Å²) in [5.74, 6) is 0.135. The molecular weight excluding hydrogens is 236 g/mol. The number of carbonyl (C=O) groups is 1. The second-order valence-electron chi connectivity index (χ2n) is 6.56. The summed E-state index contributed by atoms with van der Waals surface area (Å²) in [5, 5.41) is 6.49. The number of likely N-dealkylation sites (N-methyl/N-ethyl adjacent to an activating group) is 1. The molecule has 0 spiro atoms. The molecule has 0 radical (unpaired) electrons. The van der Waals surface area contributed by atoms with E-state index in [1.807, 2.05) is 13.8 Å². The molecule has 0 aromatic carbocycles. The van der Waals surface area contributed by atoms with Crippen molar-refractivity contribution in [2.24, 2.45) is 5.41 Å². The van der Waals surface area contributed by atoms with Gasteiger partial charge >= 0.3 is 0 Å². The summed E-state index contributed by atoms with van der Waals surface area (Å²) in [6.45, 7) is 14.5. The Hall–Kier alpha value is -0.570. The summed E-state index contributed by atoms with van der Waals surface area (Å²) in [6.07, 6.45) is 5.46. The van der Waals surface area contributed by atoms with Crippen LogP contribution >= 0.6 is 0 Å². The van der Waals surface area contributed by atoms with Gasteiger partial charge in [-0.25, -0.2) is 0 Å². The van der Waals surface area contributed by atoms with E-state index in [2.05, 4.69) is 38.3 Å². The maximum absolute atomic E-state index is 12.3. The predicted molar refractivity (Wildman–Crippen MR) is 83.3 cm³/mol. The van der Waals surface area contributed by atoms with E-state index in [-0.39, 0.29) is 11.3 Å². The van der Waals surface area contributed by atoms with E-state index in [0.29, 0.717) is 6.54 Å². The smallest absolute Gasteiger partial charge is 0.240 e. The Labute approximate surface area is 119 Å². The third kappa shape index (κ3) is 6.95. The summed E-state index contributed by atoms with van der Waals surface area (Å²) in [5.41, 5.74) is -0.189. The Kier molecular flexibility index (Phi) is 8.31. The van der Waals surface area contributed by atoms with Crippen LogP contribution in [0.5, 0.6) is 0 Å². The van der Waals surface area contributed by atoms with Crippen molar-refractivity contribution in [1.29, 1.82) is 0 Å². The fourth-order valence-corrected chi connectivity index (χ4v) is 2.37. The van der Waals surface area contributed by atoms with Gasteiger partial charge in [0.2, 0.25) is 5.91 Å². The van der Waals surface area contributed by atoms with Gasteiger partial charge in [-0.05, 0) is 32.1 Å². The van der Waals surface area contributed by atoms with Crippen molar-refractivity contribution in [2.45, 2.75) is 79.2 Å². The Morgan fingerprint density at radius 3 is 2.11 bits per heavy atom. The van der Waals surface area contributed by atoms with Crippen LogP contribution in [-0.4, -0.2) is 24.5 Å². The van der Waals surface area contributed by atoms with E-state index in [4.69, 9.17) is 0 Å². The lowest BCUT2D eigenvalue weighted by Crippen LogP contribution is -2.56. The first-order valence-electron chi connectivity index (χ1n) is 7.84. The summed E-state index contributed by atoms with van der Waals surface area (Å²) >= 11 is 0. The van der Waals surface area contributed by atoms with Gasteiger partial charge in [0.25, 0.3) is 0 Å². The Bertz CT molecular complexity index is 263. The SMILES string of the molecule is CCCCC(C)(NCC(C)(C)CCC)C(=O)NCC. The van der Waals surface area contributed by atoms with Crippen molar-refractivity contribution in [3.05, 3.63) is 0 Å². The maximum atomic E-state index is 12.3. The molecule has 0 saturated carbocycles. The minimum Gasteiger partial charge on any atom is -0.355 e. The summed E-state index contributed by atoms with van der Waals surface area (Å²) in [4.78, 5) is 12.3. The van der Waals surface area contributed by atoms with Crippen LogP contribution in [0.4, 0.5) is 0 Å². The average Bonchev–Trinajstić information content (AvgIpc) is 2.34. The first-order chi connectivity index (χ1) is 8.81. The van der Waals surface area contributed by atoms with Crippen LogP contribution in [0.15, 0.2) is 0 Å². The molecule has 0 aliphatic heterocycles. The molecule has 3 nitrogen and oxygen atoms in total. The monoisotopic (exact) mass is 270 g/mol. The van der Waals surface area contributed by atoms with Crippen LogP contribution in [-0.2, 0) is 4.79 Å². The second-order valence-corrected chi connectivity index (χ2v) is 6.56. The lowest BCUT2D eigenvalue weighted by molar-refractivity contribution is -0.127. The standard InChI is InChI=1S/C16H34N2O/c1-7-10-12-16(6,14(19)17-9-3)18-13-15(4,5)11-8-2/h18H,7-13H2,1-6H3,(H,17,19). The van der Waals surface area contributed by atoms with Crippen molar-refractivity contribution in [3.8, 4) is 0 Å². The minimum absolute atomic E-state index is 0.135. The van der Waals surface area contributed by atoms with E-state index in [1.54, 1.807) is 0 Å². The molecule has 0 bridgehead atoms. The first-order valence-corrected chi connectivity index (χ1v) is 7.84. The van der Waals surface area contributed by atoms with Gasteiger partial charge in [-0.15, -0.1) is 0 Å². The molecule has 1 amide bonds. The van der Waals surface area contributed by atoms with Gasteiger partial charge in [0.15, 0.2) is 0 Å². The lowest BCUT2D eigenvalue weighted by Gasteiger charge is -2.34. The normalized spacial score (nSPS) is 15.1. The molecule has 0 heterocycles. The topological polar surface area (TPSA) is 41.1 Å². The fourth-order valence-electron chi connectivity index (χ4n) is 2.37. The summed E-state index contributed by atoms with van der Waals surface area (Å²) in [6, 6.07) is 0. The molecule has 0 fully saturated rings. The highest BCUT2D eigenvalue weighted by atomic mass is 16.2. The number of hydrogen-bond acceptors (Lipinski definition) is 2. The number of nitrogens with one attached hydrogen (secondary N) is 2. The molecule has 0 aliphatic carbocycles. The quantitative estimate of drug-likeness (QED) is 0.638. The van der Waals surface area contributed by atoms with Crippen LogP contribution < -0.4 is 10.6 Å². The van der Waals surface area contributed by atoms with Gasteiger partial charge in [-0.1, -0.05) is 47.0 Å². The molecule has 0 saturated heterocycles. The van der Waals surface area contributed by atoms with Crippen LogP contribution in [0.3, 0.4) is 0 Å². The maximum Gasteiger partial charge on any atom is 0.240 e. The van der Waals surface area contributed by atoms with Gasteiger partial charge in [-0.3, -0.25) is 4.79 Å². The lowest BCUT2D eigenvalue weighted by atomic mass is 9.85. The number of unbranched alkanes of at least 4 members (excludes halogenated alkanes) is 1. The van der Waals surface area contributed by atoms with Crippen LogP contribution in [0.1, 0.15) is 73.6 Å². The van der Waals surface area contributed by atoms with Crippen molar-refractivity contribution in [2.75, 3.05) is 13.1 Å². The molecule has 19 heavy (non-hydrogen) atoms. The molecule has 3 heteroatoms. The van der Waals surface area contributed by atoms with Gasteiger partial charge < -0.3 is 10.6 Å². The first kappa shape index (κ1) is 18.4. The highest BCUT2D eigenvalue weighted by Gasteiger charge is 2.33. The molecule has 2 N–H and O–H groups in total. The Morgan fingerprint density at radius 2 is 1.63 bits per heavy atom. The minimum atomic E-state index is -0.434. The highest BCUT2D eigenvalue weighted by molar-refractivity contribution is 5.85. The summed E-state index contributed by atoms with van der Waals surface area (Å²) in [7, 11) is 0. The number of carbonyl (C=O) groups excluding carboxylic acids is 1. The Morgan fingerprint density at radius 1 is 1.00 bits per heavy atom. The average molecular weight is 270 g/mol. The van der Waals surface area contributed by atoms with Crippen molar-refractivity contribution in [1.82, 2.24) is 10.6 Å². The van der Waals surface area contributed by atoms with E-state index >= 15 is 0 Å². The molecule has 0 rings (SSSR count). The third-order valence-electron chi connectivity index (χ3n) is 3.75. The fraction of sp³-hybridized carbons (Fsp3) is 0.938. The van der Waals surface area contributed by atoms with Gasteiger partial charge in [0.05, 0.1) is 5.54 Å².